The largest absolute Gasteiger partial charge is 0.466 e. The molecule has 6 heteroatoms. The van der Waals surface area contributed by atoms with Crippen LogP contribution in [-0.2, 0) is 16.0 Å². The molecule has 0 aliphatic rings. The Kier molecular flexibility index (Phi) is 8.58. The quantitative estimate of drug-likeness (QED) is 0.334. The fourth-order valence-electron chi connectivity index (χ4n) is 2.05. The Balaban J connectivity index is 2.25. The van der Waals surface area contributed by atoms with Gasteiger partial charge in [-0.2, -0.15) is 0 Å². The lowest BCUT2D eigenvalue weighted by atomic mass is 10.2. The maximum atomic E-state index is 11.2. The summed E-state index contributed by atoms with van der Waals surface area (Å²) < 4.78 is 4.90. The van der Waals surface area contributed by atoms with Crippen LogP contribution in [0.5, 0.6) is 0 Å². The zero-order valence-electron chi connectivity index (χ0n) is 13.9. The van der Waals surface area contributed by atoms with E-state index in [1.54, 1.807) is 7.05 Å². The molecule has 0 aliphatic carbocycles. The third-order valence-corrected chi connectivity index (χ3v) is 4.09. The van der Waals surface area contributed by atoms with Gasteiger partial charge in [0.2, 0.25) is 0 Å². The first-order valence-corrected chi connectivity index (χ1v) is 8.55. The van der Waals surface area contributed by atoms with Gasteiger partial charge in [0, 0.05) is 42.2 Å². The first-order chi connectivity index (χ1) is 10.5. The van der Waals surface area contributed by atoms with Gasteiger partial charge >= 0.3 is 5.97 Å². The second-order valence-corrected chi connectivity index (χ2v) is 6.54. The highest BCUT2D eigenvalue weighted by Crippen LogP contribution is 2.16. The Morgan fingerprint density at radius 3 is 2.82 bits per heavy atom. The Labute approximate surface area is 137 Å². The van der Waals surface area contributed by atoms with Crippen LogP contribution in [-0.4, -0.2) is 38.2 Å². The number of nitrogens with one attached hydrogen (secondary N) is 2. The summed E-state index contributed by atoms with van der Waals surface area (Å²) >= 11 is 1.83. The van der Waals surface area contributed by atoms with E-state index in [1.807, 2.05) is 18.3 Å². The smallest absolute Gasteiger partial charge is 0.305 e. The SMILES string of the molecule is CCOC(=O)CCCNC(=NC)NC(C)Cc1ccc(C)s1. The number of rotatable bonds is 8. The van der Waals surface area contributed by atoms with Gasteiger partial charge in [-0.25, -0.2) is 0 Å². The summed E-state index contributed by atoms with van der Waals surface area (Å²) in [6.07, 6.45) is 2.14. The molecule has 0 aromatic carbocycles. The van der Waals surface area contributed by atoms with Crippen LogP contribution in [0.15, 0.2) is 17.1 Å². The molecule has 1 rings (SSSR count). The highest BCUT2D eigenvalue weighted by atomic mass is 32.1. The van der Waals surface area contributed by atoms with Crippen LogP contribution in [0, 0.1) is 6.92 Å². The van der Waals surface area contributed by atoms with E-state index in [9.17, 15) is 4.79 Å². The van der Waals surface area contributed by atoms with Gasteiger partial charge in [-0.15, -0.1) is 11.3 Å². The Bertz CT molecular complexity index is 485. The van der Waals surface area contributed by atoms with Crippen LogP contribution < -0.4 is 10.6 Å². The maximum absolute atomic E-state index is 11.2. The van der Waals surface area contributed by atoms with Crippen LogP contribution in [0.2, 0.25) is 0 Å². The second-order valence-electron chi connectivity index (χ2n) is 5.17. The summed E-state index contributed by atoms with van der Waals surface area (Å²) in [4.78, 5) is 18.2. The molecular weight excluding hydrogens is 298 g/mol. The zero-order chi connectivity index (χ0) is 16.4. The van der Waals surface area contributed by atoms with Gasteiger partial charge in [-0.1, -0.05) is 0 Å². The van der Waals surface area contributed by atoms with Crippen LogP contribution in [0.1, 0.15) is 36.4 Å². The summed E-state index contributed by atoms with van der Waals surface area (Å²) in [6, 6.07) is 4.62. The monoisotopic (exact) mass is 325 g/mol. The number of hydrogen-bond donors (Lipinski definition) is 2. The number of thiophene rings is 1. The minimum atomic E-state index is -0.145. The first kappa shape index (κ1) is 18.5. The number of carbonyl (C=O) groups is 1. The van der Waals surface area contributed by atoms with Crippen molar-refractivity contribution in [1.82, 2.24) is 10.6 Å². The number of aliphatic imine (C=N–C) groups is 1. The summed E-state index contributed by atoms with van der Waals surface area (Å²) in [5.74, 6) is 0.623. The molecule has 0 amide bonds. The fourth-order valence-corrected chi connectivity index (χ4v) is 3.07. The van der Waals surface area contributed by atoms with Crippen molar-refractivity contribution < 1.29 is 9.53 Å². The van der Waals surface area contributed by atoms with Gasteiger partial charge in [0.15, 0.2) is 5.96 Å². The molecule has 0 saturated carbocycles. The van der Waals surface area contributed by atoms with Gasteiger partial charge in [0.05, 0.1) is 6.61 Å². The van der Waals surface area contributed by atoms with E-state index >= 15 is 0 Å². The van der Waals surface area contributed by atoms with Gasteiger partial charge in [-0.3, -0.25) is 9.79 Å². The van der Waals surface area contributed by atoms with Crippen LogP contribution in [0.25, 0.3) is 0 Å². The Hall–Kier alpha value is -1.56. The van der Waals surface area contributed by atoms with Crippen molar-refractivity contribution in [3.8, 4) is 0 Å². The van der Waals surface area contributed by atoms with Gasteiger partial charge < -0.3 is 15.4 Å². The minimum Gasteiger partial charge on any atom is -0.466 e. The lowest BCUT2D eigenvalue weighted by Gasteiger charge is -2.17. The van der Waals surface area contributed by atoms with Crippen molar-refractivity contribution in [3.63, 3.8) is 0 Å². The molecule has 1 unspecified atom stereocenters. The Morgan fingerprint density at radius 2 is 2.23 bits per heavy atom. The molecule has 0 aliphatic heterocycles. The average Bonchev–Trinajstić information content (AvgIpc) is 2.87. The summed E-state index contributed by atoms with van der Waals surface area (Å²) in [6.45, 7) is 7.22. The standard InChI is InChI=1S/C16H27N3O2S/c1-5-21-15(20)7-6-10-18-16(17-4)19-12(2)11-14-9-8-13(3)22-14/h8-9,12H,5-7,10-11H2,1-4H3,(H2,17,18,19). The first-order valence-electron chi connectivity index (χ1n) is 7.73. The summed E-state index contributed by atoms with van der Waals surface area (Å²) in [5, 5.41) is 6.59. The molecular formula is C16H27N3O2S. The van der Waals surface area contributed by atoms with E-state index < -0.39 is 0 Å². The molecule has 124 valence electrons. The van der Waals surface area contributed by atoms with Crippen molar-refractivity contribution in [3.05, 3.63) is 21.9 Å². The zero-order valence-corrected chi connectivity index (χ0v) is 14.8. The topological polar surface area (TPSA) is 62.7 Å². The lowest BCUT2D eigenvalue weighted by Crippen LogP contribution is -2.43. The van der Waals surface area contributed by atoms with Crippen LogP contribution in [0.4, 0.5) is 0 Å². The molecule has 0 spiro atoms. The van der Waals surface area contributed by atoms with E-state index in [-0.39, 0.29) is 5.97 Å². The summed E-state index contributed by atoms with van der Waals surface area (Å²) in [5.41, 5.74) is 0. The molecule has 1 heterocycles. The van der Waals surface area contributed by atoms with E-state index in [4.69, 9.17) is 4.74 Å². The van der Waals surface area contributed by atoms with E-state index in [0.29, 0.717) is 25.6 Å². The van der Waals surface area contributed by atoms with Crippen LogP contribution in [0.3, 0.4) is 0 Å². The molecule has 0 fully saturated rings. The van der Waals surface area contributed by atoms with E-state index in [2.05, 4.69) is 41.6 Å². The van der Waals surface area contributed by atoms with Crippen molar-refractivity contribution >= 4 is 23.3 Å². The van der Waals surface area contributed by atoms with Gasteiger partial charge in [0.1, 0.15) is 0 Å². The minimum absolute atomic E-state index is 0.145. The number of carbonyl (C=O) groups excluding carboxylic acids is 1. The second kappa shape index (κ2) is 10.2. The van der Waals surface area contributed by atoms with Crippen molar-refractivity contribution in [1.29, 1.82) is 0 Å². The molecule has 1 atom stereocenters. The third-order valence-electron chi connectivity index (χ3n) is 3.07. The molecule has 1 aromatic rings. The number of guanidine groups is 1. The number of ether oxygens (including phenoxy) is 1. The van der Waals surface area contributed by atoms with Gasteiger partial charge in [-0.05, 0) is 39.3 Å². The van der Waals surface area contributed by atoms with E-state index in [1.165, 1.54) is 9.75 Å². The average molecular weight is 325 g/mol. The van der Waals surface area contributed by atoms with Crippen molar-refractivity contribution in [2.24, 2.45) is 4.99 Å². The predicted molar refractivity (Wildman–Crippen MR) is 92.6 cm³/mol. The normalized spacial score (nSPS) is 12.8. The van der Waals surface area contributed by atoms with Crippen LogP contribution >= 0.6 is 11.3 Å². The lowest BCUT2D eigenvalue weighted by molar-refractivity contribution is -0.143. The highest BCUT2D eigenvalue weighted by Gasteiger charge is 2.08. The van der Waals surface area contributed by atoms with Crippen molar-refractivity contribution in [2.45, 2.75) is 46.1 Å². The van der Waals surface area contributed by atoms with E-state index in [0.717, 1.165) is 18.8 Å². The number of nitrogens with zero attached hydrogens (tertiary/aromatic N) is 1. The molecule has 2 N–H and O–H groups in total. The molecule has 0 bridgehead atoms. The Morgan fingerprint density at radius 1 is 1.45 bits per heavy atom. The molecule has 5 nitrogen and oxygen atoms in total. The summed E-state index contributed by atoms with van der Waals surface area (Å²) in [7, 11) is 1.75. The number of aryl methyl sites for hydroxylation is 1. The third kappa shape index (κ3) is 7.45. The van der Waals surface area contributed by atoms with Crippen molar-refractivity contribution in [2.75, 3.05) is 20.2 Å². The molecule has 22 heavy (non-hydrogen) atoms. The molecule has 0 radical (unpaired) electrons. The number of hydrogen-bond acceptors (Lipinski definition) is 4. The van der Waals surface area contributed by atoms with Gasteiger partial charge in [0.25, 0.3) is 0 Å². The molecule has 0 saturated heterocycles. The highest BCUT2D eigenvalue weighted by molar-refractivity contribution is 7.11. The number of esters is 1. The fraction of sp³-hybridized carbons (Fsp3) is 0.625. The predicted octanol–water partition coefficient (Wildman–Crippen LogP) is 2.50. The maximum Gasteiger partial charge on any atom is 0.305 e. The molecule has 1 aromatic heterocycles.